The molecule has 3 N–H and O–H groups in total. The van der Waals surface area contributed by atoms with Crippen LogP contribution in [-0.4, -0.2) is 16.9 Å². The number of nitriles is 1. The van der Waals surface area contributed by atoms with Gasteiger partial charge >= 0.3 is 0 Å². The molecule has 5 fully saturated rings. The molecule has 0 saturated heterocycles. The molecule has 5 aliphatic rings. The van der Waals surface area contributed by atoms with E-state index in [9.17, 15) is 4.79 Å². The number of furan rings is 1. The zero-order chi connectivity index (χ0) is 21.8. The summed E-state index contributed by atoms with van der Waals surface area (Å²) in [6.45, 7) is 0. The van der Waals surface area contributed by atoms with Gasteiger partial charge in [0.05, 0.1) is 10.7 Å². The van der Waals surface area contributed by atoms with E-state index in [1.54, 1.807) is 12.3 Å². The van der Waals surface area contributed by atoms with Crippen molar-refractivity contribution in [1.29, 1.82) is 5.26 Å². The van der Waals surface area contributed by atoms with E-state index in [1.807, 2.05) is 0 Å². The third kappa shape index (κ3) is 2.50. The number of nitrogens with zero attached hydrogens (tertiary/aromatic N) is 2. The molecular weight excluding hydrogens is 468 g/mol. The Labute approximate surface area is 195 Å². The zero-order valence-corrected chi connectivity index (χ0v) is 19.5. The van der Waals surface area contributed by atoms with Crippen molar-refractivity contribution in [3.8, 4) is 6.07 Å². The van der Waals surface area contributed by atoms with Crippen LogP contribution in [0, 0.1) is 58.2 Å². The lowest BCUT2D eigenvalue weighted by atomic mass is 9.59. The second-order valence-corrected chi connectivity index (χ2v) is 11.8. The summed E-state index contributed by atoms with van der Waals surface area (Å²) < 4.78 is 6.36. The van der Waals surface area contributed by atoms with Gasteiger partial charge in [0, 0.05) is 23.4 Å². The number of carbonyl (C=O) groups is 1. The average Bonchev–Trinajstić information content (AvgIpc) is 3.59. The van der Waals surface area contributed by atoms with E-state index < -0.39 is 0 Å². The summed E-state index contributed by atoms with van der Waals surface area (Å²) in [6.07, 6.45) is 10.1. The van der Waals surface area contributed by atoms with Crippen LogP contribution in [-0.2, 0) is 4.79 Å². The fourth-order valence-corrected chi connectivity index (χ4v) is 9.13. The molecule has 6 nitrogen and oxygen atoms in total. The van der Waals surface area contributed by atoms with Gasteiger partial charge in [-0.15, -0.1) is 0 Å². The first-order valence-corrected chi connectivity index (χ1v) is 12.8. The SMILES string of the molecule is N#Cc1cc2c(Br)c(NC3CCC(C4C5C6C[C@H](C(N)=O)CC7CC74C65)CC3)ncc2o1. The van der Waals surface area contributed by atoms with Crippen molar-refractivity contribution in [2.75, 3.05) is 5.32 Å². The summed E-state index contributed by atoms with van der Waals surface area (Å²) >= 11 is 3.66. The number of nitrogens with one attached hydrogen (secondary N) is 1. The molecule has 7 atom stereocenters. The van der Waals surface area contributed by atoms with Crippen LogP contribution in [0.2, 0.25) is 0 Å². The highest BCUT2D eigenvalue weighted by Gasteiger charge is 2.86. The number of aromatic nitrogens is 1. The Morgan fingerprint density at radius 2 is 2.09 bits per heavy atom. The number of halogens is 1. The quantitative estimate of drug-likeness (QED) is 0.633. The van der Waals surface area contributed by atoms with Gasteiger partial charge in [0.2, 0.25) is 11.7 Å². The molecule has 2 aromatic rings. The Kier molecular flexibility index (Phi) is 3.94. The molecule has 1 amide bonds. The number of hydrogen-bond acceptors (Lipinski definition) is 5. The minimum Gasteiger partial charge on any atom is -0.444 e. The smallest absolute Gasteiger partial charge is 0.220 e. The largest absolute Gasteiger partial charge is 0.444 e. The van der Waals surface area contributed by atoms with Crippen LogP contribution >= 0.6 is 15.9 Å². The third-order valence-electron chi connectivity index (χ3n) is 9.86. The number of hydrogen-bond donors (Lipinski definition) is 2. The molecule has 5 saturated carbocycles. The maximum Gasteiger partial charge on any atom is 0.220 e. The summed E-state index contributed by atoms with van der Waals surface area (Å²) in [4.78, 5) is 16.4. The predicted octanol–water partition coefficient (Wildman–Crippen LogP) is 4.83. The topological polar surface area (TPSA) is 105 Å². The van der Waals surface area contributed by atoms with Gasteiger partial charge < -0.3 is 15.5 Å². The minimum atomic E-state index is -0.0561. The number of amides is 1. The van der Waals surface area contributed by atoms with Crippen LogP contribution in [0.25, 0.3) is 11.0 Å². The number of primary amides is 1. The first-order chi connectivity index (χ1) is 15.5. The fourth-order valence-electron chi connectivity index (χ4n) is 8.61. The highest BCUT2D eigenvalue weighted by Crippen LogP contribution is 2.90. The molecule has 7 rings (SSSR count). The number of nitrogens with two attached hydrogens (primary N) is 1. The van der Waals surface area contributed by atoms with Crippen LogP contribution in [0.3, 0.4) is 0 Å². The summed E-state index contributed by atoms with van der Waals surface area (Å²) in [5.41, 5.74) is 6.91. The zero-order valence-electron chi connectivity index (χ0n) is 17.9. The van der Waals surface area contributed by atoms with Crippen molar-refractivity contribution in [2.45, 2.75) is 51.0 Å². The monoisotopic (exact) mass is 494 g/mol. The summed E-state index contributed by atoms with van der Waals surface area (Å²) in [6, 6.07) is 4.25. The molecule has 2 aromatic heterocycles. The third-order valence-corrected chi connectivity index (χ3v) is 10.7. The molecule has 5 aliphatic carbocycles. The van der Waals surface area contributed by atoms with Crippen molar-refractivity contribution in [3.05, 3.63) is 22.5 Å². The second-order valence-electron chi connectivity index (χ2n) is 11.1. The standard InChI is InChI=1S/C25H27BrN4O2/c26-22-16-7-15(9-27)32-18(16)10-29-24(22)30-14-3-1-11(2-4-14)20-19-17-6-12(23(28)31)5-13-8-25(13,20)21(17)19/h7,10-14,17,19-21H,1-6,8H2,(H2,28,31)(H,29,30)/t11?,12-,13?,14?,17?,19?,20?,21?,25?/m1/s1. The Balaban J connectivity index is 1.02. The van der Waals surface area contributed by atoms with Gasteiger partial charge in [-0.1, -0.05) is 0 Å². The van der Waals surface area contributed by atoms with Crippen LogP contribution in [0.1, 0.15) is 50.7 Å². The first-order valence-electron chi connectivity index (χ1n) is 12.0. The lowest BCUT2D eigenvalue weighted by molar-refractivity contribution is -0.122. The Bertz CT molecular complexity index is 1170. The molecule has 0 aliphatic heterocycles. The first kappa shape index (κ1) is 19.4. The van der Waals surface area contributed by atoms with Crippen molar-refractivity contribution >= 4 is 38.6 Å². The van der Waals surface area contributed by atoms with Gasteiger partial charge in [-0.2, -0.15) is 5.26 Å². The second kappa shape index (κ2) is 6.50. The van der Waals surface area contributed by atoms with Gasteiger partial charge in [-0.05, 0) is 102 Å². The van der Waals surface area contributed by atoms with E-state index in [4.69, 9.17) is 15.4 Å². The molecule has 7 heteroatoms. The van der Waals surface area contributed by atoms with Crippen LogP contribution in [0.5, 0.6) is 0 Å². The normalized spacial score (nSPS) is 43.2. The van der Waals surface area contributed by atoms with Gasteiger partial charge in [-0.3, -0.25) is 4.79 Å². The number of fused-ring (bicyclic) bond motifs is 2. The summed E-state index contributed by atoms with van der Waals surface area (Å²) in [5.74, 6) is 6.38. The molecule has 166 valence electrons. The van der Waals surface area contributed by atoms with E-state index in [0.717, 1.165) is 64.0 Å². The van der Waals surface area contributed by atoms with E-state index in [2.05, 4.69) is 32.3 Å². The van der Waals surface area contributed by atoms with E-state index in [0.29, 0.717) is 22.8 Å². The van der Waals surface area contributed by atoms with Crippen LogP contribution in [0.15, 0.2) is 21.2 Å². The molecular formula is C25H27BrN4O2. The lowest BCUT2D eigenvalue weighted by Gasteiger charge is -2.46. The van der Waals surface area contributed by atoms with Crippen LogP contribution < -0.4 is 11.1 Å². The minimum absolute atomic E-state index is 0.0561. The maximum atomic E-state index is 11.8. The summed E-state index contributed by atoms with van der Waals surface area (Å²) in [5, 5.41) is 13.6. The molecule has 32 heavy (non-hydrogen) atoms. The Morgan fingerprint density at radius 1 is 1.28 bits per heavy atom. The van der Waals surface area contributed by atoms with Crippen molar-refractivity contribution in [2.24, 2.45) is 52.6 Å². The fraction of sp³-hybridized carbons (Fsp3) is 0.640. The van der Waals surface area contributed by atoms with Crippen LogP contribution in [0.4, 0.5) is 5.82 Å². The van der Waals surface area contributed by atoms with Gasteiger partial charge in [0.1, 0.15) is 11.9 Å². The van der Waals surface area contributed by atoms with E-state index in [1.165, 1.54) is 32.1 Å². The number of rotatable bonds is 4. The van der Waals surface area contributed by atoms with Crippen molar-refractivity contribution < 1.29 is 9.21 Å². The molecule has 0 aromatic carbocycles. The Morgan fingerprint density at radius 3 is 2.84 bits per heavy atom. The number of anilines is 1. The van der Waals surface area contributed by atoms with Crippen molar-refractivity contribution in [1.82, 2.24) is 4.98 Å². The van der Waals surface area contributed by atoms with Crippen molar-refractivity contribution in [3.63, 3.8) is 0 Å². The van der Waals surface area contributed by atoms with Gasteiger partial charge in [0.15, 0.2) is 5.58 Å². The lowest BCUT2D eigenvalue weighted by Crippen LogP contribution is -2.42. The van der Waals surface area contributed by atoms with E-state index >= 15 is 0 Å². The molecule has 2 heterocycles. The molecule has 6 unspecified atom stereocenters. The predicted molar refractivity (Wildman–Crippen MR) is 122 cm³/mol. The maximum absolute atomic E-state index is 11.8. The average molecular weight is 495 g/mol. The highest BCUT2D eigenvalue weighted by molar-refractivity contribution is 9.10. The van der Waals surface area contributed by atoms with Gasteiger partial charge in [-0.25, -0.2) is 4.98 Å². The van der Waals surface area contributed by atoms with Gasteiger partial charge in [0.25, 0.3) is 0 Å². The molecule has 0 bridgehead atoms. The molecule has 0 radical (unpaired) electrons. The molecule has 1 spiro atoms. The number of pyridine rings is 1. The highest BCUT2D eigenvalue weighted by atomic mass is 79.9. The number of carbonyl (C=O) groups excluding carboxylic acids is 1. The van der Waals surface area contributed by atoms with E-state index in [-0.39, 0.29) is 11.8 Å². The Hall–Kier alpha value is -2.07. The summed E-state index contributed by atoms with van der Waals surface area (Å²) in [7, 11) is 0.